The number of hydrogen-bond acceptors (Lipinski definition) is 5. The van der Waals surface area contributed by atoms with Gasteiger partial charge in [-0.1, -0.05) is 6.07 Å². The summed E-state index contributed by atoms with van der Waals surface area (Å²) in [6.07, 6.45) is 7.63. The highest BCUT2D eigenvalue weighted by molar-refractivity contribution is 5.95. The van der Waals surface area contributed by atoms with E-state index in [1.165, 1.54) is 5.56 Å². The Morgan fingerprint density at radius 2 is 1.96 bits per heavy atom. The fraction of sp³-hybridized carbons (Fsp3) is 0.571. The number of H-pyrrole nitrogens is 1. The van der Waals surface area contributed by atoms with E-state index in [0.717, 1.165) is 43.7 Å². The van der Waals surface area contributed by atoms with Crippen molar-refractivity contribution in [1.82, 2.24) is 25.0 Å². The Morgan fingerprint density at radius 1 is 1.21 bits per heavy atom. The van der Waals surface area contributed by atoms with Crippen molar-refractivity contribution >= 4 is 5.91 Å². The molecule has 2 saturated heterocycles. The number of carbonyl (C=O) groups excluding carboxylic acids is 1. The average Bonchev–Trinajstić information content (AvgIpc) is 3.18. The van der Waals surface area contributed by atoms with Crippen molar-refractivity contribution in [3.05, 3.63) is 47.5 Å². The van der Waals surface area contributed by atoms with Gasteiger partial charge in [0.15, 0.2) is 0 Å². The molecule has 150 valence electrons. The van der Waals surface area contributed by atoms with Crippen LogP contribution in [-0.4, -0.2) is 69.3 Å². The molecule has 0 spiro atoms. The normalized spacial score (nSPS) is 24.4. The first-order chi connectivity index (χ1) is 13.6. The van der Waals surface area contributed by atoms with Crippen LogP contribution in [0.1, 0.15) is 54.2 Å². The summed E-state index contributed by atoms with van der Waals surface area (Å²) in [7, 11) is 0. The lowest BCUT2D eigenvalue weighted by molar-refractivity contribution is -0.0586. The highest BCUT2D eigenvalue weighted by Gasteiger charge is 2.31. The van der Waals surface area contributed by atoms with Crippen LogP contribution in [0.4, 0.5) is 0 Å². The second kappa shape index (κ2) is 8.41. The van der Waals surface area contributed by atoms with Gasteiger partial charge in [-0.2, -0.15) is 5.10 Å². The van der Waals surface area contributed by atoms with Crippen LogP contribution in [-0.2, 0) is 11.3 Å². The maximum absolute atomic E-state index is 13.1. The van der Waals surface area contributed by atoms with E-state index in [9.17, 15) is 4.79 Å². The number of amides is 1. The van der Waals surface area contributed by atoms with Gasteiger partial charge in [0.25, 0.3) is 5.91 Å². The van der Waals surface area contributed by atoms with Gasteiger partial charge in [-0.05, 0) is 51.4 Å². The molecule has 0 aliphatic carbocycles. The summed E-state index contributed by atoms with van der Waals surface area (Å²) in [4.78, 5) is 21.7. The number of hydrogen-bond donors (Lipinski definition) is 1. The molecule has 2 aromatic heterocycles. The van der Waals surface area contributed by atoms with Crippen LogP contribution in [0, 0.1) is 0 Å². The maximum Gasteiger partial charge on any atom is 0.257 e. The molecule has 28 heavy (non-hydrogen) atoms. The van der Waals surface area contributed by atoms with Gasteiger partial charge in [0, 0.05) is 37.9 Å². The minimum atomic E-state index is 0.0683. The molecular weight excluding hydrogens is 354 g/mol. The lowest BCUT2D eigenvalue weighted by Gasteiger charge is -2.36. The molecule has 1 amide bonds. The summed E-state index contributed by atoms with van der Waals surface area (Å²) >= 11 is 0. The summed E-state index contributed by atoms with van der Waals surface area (Å²) in [5, 5.41) is 7.34. The van der Waals surface area contributed by atoms with E-state index >= 15 is 0 Å². The van der Waals surface area contributed by atoms with Crippen LogP contribution in [0.2, 0.25) is 0 Å². The zero-order valence-electron chi connectivity index (χ0n) is 16.7. The standard InChI is InChI=1S/C21H29N5O2/c1-15-12-26(13-16(2)28-15)21(27)19-11-23-24-20(19)18-5-8-25(9-6-18)14-17-4-3-7-22-10-17/h3-4,7,10-11,15-16,18H,5-6,8-9,12-14H2,1-2H3,(H,23,24)/t15-,16-/m0/s1. The van der Waals surface area contributed by atoms with Gasteiger partial charge in [-0.3, -0.25) is 19.8 Å². The zero-order chi connectivity index (χ0) is 19.5. The molecule has 4 heterocycles. The quantitative estimate of drug-likeness (QED) is 0.878. The summed E-state index contributed by atoms with van der Waals surface area (Å²) in [6.45, 7) is 8.26. The molecule has 0 saturated carbocycles. The number of likely N-dealkylation sites (tertiary alicyclic amines) is 1. The van der Waals surface area contributed by atoms with E-state index in [4.69, 9.17) is 4.74 Å². The first-order valence-electron chi connectivity index (χ1n) is 10.2. The van der Waals surface area contributed by atoms with Crippen LogP contribution in [0.3, 0.4) is 0 Å². The van der Waals surface area contributed by atoms with Gasteiger partial charge in [0.05, 0.1) is 29.7 Å². The predicted octanol–water partition coefficient (Wildman–Crippen LogP) is 2.43. The molecule has 2 atom stereocenters. The molecule has 0 radical (unpaired) electrons. The first-order valence-corrected chi connectivity index (χ1v) is 10.2. The largest absolute Gasteiger partial charge is 0.372 e. The molecule has 0 unspecified atom stereocenters. The molecule has 2 aliphatic rings. The molecule has 0 aromatic carbocycles. The van der Waals surface area contributed by atoms with Crippen LogP contribution >= 0.6 is 0 Å². The lowest BCUT2D eigenvalue weighted by atomic mass is 9.91. The number of ether oxygens (including phenoxy) is 1. The summed E-state index contributed by atoms with van der Waals surface area (Å²) < 4.78 is 5.76. The van der Waals surface area contributed by atoms with E-state index in [2.05, 4.69) is 26.1 Å². The Hall–Kier alpha value is -2.25. The Kier molecular flexibility index (Phi) is 5.73. The predicted molar refractivity (Wildman–Crippen MR) is 106 cm³/mol. The third-order valence-electron chi connectivity index (χ3n) is 5.73. The van der Waals surface area contributed by atoms with Gasteiger partial charge < -0.3 is 9.64 Å². The van der Waals surface area contributed by atoms with Crippen LogP contribution < -0.4 is 0 Å². The first kappa shape index (κ1) is 19.1. The van der Waals surface area contributed by atoms with Crippen molar-refractivity contribution in [1.29, 1.82) is 0 Å². The van der Waals surface area contributed by atoms with Gasteiger partial charge >= 0.3 is 0 Å². The minimum absolute atomic E-state index is 0.0683. The fourth-order valence-corrected chi connectivity index (χ4v) is 4.42. The monoisotopic (exact) mass is 383 g/mol. The van der Waals surface area contributed by atoms with Gasteiger partial charge in [-0.15, -0.1) is 0 Å². The molecule has 7 heteroatoms. The van der Waals surface area contributed by atoms with Gasteiger partial charge in [0.2, 0.25) is 0 Å². The molecule has 1 N–H and O–H groups in total. The third-order valence-corrected chi connectivity index (χ3v) is 5.73. The SMILES string of the molecule is C[C@H]1CN(C(=O)c2cn[nH]c2C2CCN(Cc3cccnc3)CC2)C[C@H](C)O1. The molecular formula is C21H29N5O2. The van der Waals surface area contributed by atoms with Crippen LogP contribution in [0.5, 0.6) is 0 Å². The second-order valence-electron chi connectivity index (χ2n) is 8.08. The van der Waals surface area contributed by atoms with Gasteiger partial charge in [-0.25, -0.2) is 0 Å². The highest BCUT2D eigenvalue weighted by atomic mass is 16.5. The van der Waals surface area contributed by atoms with Crippen molar-refractivity contribution in [2.75, 3.05) is 26.2 Å². The molecule has 4 rings (SSSR count). The highest BCUT2D eigenvalue weighted by Crippen LogP contribution is 2.30. The van der Waals surface area contributed by atoms with Crippen LogP contribution in [0.15, 0.2) is 30.7 Å². The smallest absolute Gasteiger partial charge is 0.257 e. The minimum Gasteiger partial charge on any atom is -0.372 e. The molecule has 7 nitrogen and oxygen atoms in total. The Balaban J connectivity index is 1.39. The van der Waals surface area contributed by atoms with Crippen molar-refractivity contribution in [3.63, 3.8) is 0 Å². The van der Waals surface area contributed by atoms with Crippen LogP contribution in [0.25, 0.3) is 0 Å². The summed E-state index contributed by atoms with van der Waals surface area (Å²) in [5.41, 5.74) is 2.97. The fourth-order valence-electron chi connectivity index (χ4n) is 4.42. The number of nitrogens with one attached hydrogen (secondary N) is 1. The number of piperidine rings is 1. The Labute approximate surface area is 166 Å². The van der Waals surface area contributed by atoms with E-state index in [1.807, 2.05) is 37.2 Å². The number of morpholine rings is 1. The Bertz CT molecular complexity index is 775. The number of rotatable bonds is 4. The Morgan fingerprint density at radius 3 is 2.64 bits per heavy atom. The van der Waals surface area contributed by atoms with Gasteiger partial charge in [0.1, 0.15) is 0 Å². The lowest BCUT2D eigenvalue weighted by Crippen LogP contribution is -2.48. The maximum atomic E-state index is 13.1. The number of nitrogens with zero attached hydrogens (tertiary/aromatic N) is 4. The van der Waals surface area contributed by atoms with E-state index in [0.29, 0.717) is 19.0 Å². The molecule has 2 aliphatic heterocycles. The van der Waals surface area contributed by atoms with Crippen molar-refractivity contribution in [3.8, 4) is 0 Å². The number of aromatic nitrogens is 3. The number of aromatic amines is 1. The topological polar surface area (TPSA) is 74.4 Å². The number of carbonyl (C=O) groups is 1. The van der Waals surface area contributed by atoms with E-state index < -0.39 is 0 Å². The van der Waals surface area contributed by atoms with Crippen molar-refractivity contribution in [2.24, 2.45) is 0 Å². The summed E-state index contributed by atoms with van der Waals surface area (Å²) in [5.74, 6) is 0.422. The molecule has 0 bridgehead atoms. The average molecular weight is 383 g/mol. The second-order valence-corrected chi connectivity index (χ2v) is 8.08. The molecule has 2 fully saturated rings. The zero-order valence-corrected chi connectivity index (χ0v) is 16.7. The summed E-state index contributed by atoms with van der Waals surface area (Å²) in [6, 6.07) is 4.10. The van der Waals surface area contributed by atoms with E-state index in [1.54, 1.807) is 6.20 Å². The van der Waals surface area contributed by atoms with Crippen molar-refractivity contribution in [2.45, 2.75) is 51.4 Å². The third kappa shape index (κ3) is 4.25. The molecule has 2 aromatic rings. The van der Waals surface area contributed by atoms with E-state index in [-0.39, 0.29) is 18.1 Å². The van der Waals surface area contributed by atoms with Crippen molar-refractivity contribution < 1.29 is 9.53 Å². The number of pyridine rings is 1.